The lowest BCUT2D eigenvalue weighted by Crippen LogP contribution is -2.33. The number of carbonyl (C=O) groups excluding carboxylic acids is 2. The van der Waals surface area contributed by atoms with Gasteiger partial charge in [0, 0.05) is 12.1 Å². The van der Waals surface area contributed by atoms with Crippen LogP contribution < -0.4 is 5.32 Å². The SMILES string of the molecule is COC(=O)C(Br)CNC(=O)c1ccc(F)c(Br)c1. The molecule has 0 bridgehead atoms. The van der Waals surface area contributed by atoms with Gasteiger partial charge in [-0.1, -0.05) is 15.9 Å². The fourth-order valence-electron chi connectivity index (χ4n) is 1.13. The summed E-state index contributed by atoms with van der Waals surface area (Å²) in [6.45, 7) is 0.0838. The first-order chi connectivity index (χ1) is 8.45. The standard InChI is InChI=1S/C11H10Br2FNO3/c1-18-11(17)8(13)5-15-10(16)6-2-3-9(14)7(12)4-6/h2-4,8H,5H2,1H3,(H,15,16). The van der Waals surface area contributed by atoms with E-state index in [-0.39, 0.29) is 11.0 Å². The highest BCUT2D eigenvalue weighted by molar-refractivity contribution is 9.10. The maximum absolute atomic E-state index is 13.0. The zero-order valence-corrected chi connectivity index (χ0v) is 12.5. The second-order valence-corrected chi connectivity index (χ2v) is 5.29. The van der Waals surface area contributed by atoms with E-state index >= 15 is 0 Å². The van der Waals surface area contributed by atoms with Crippen molar-refractivity contribution in [2.75, 3.05) is 13.7 Å². The Hall–Kier alpha value is -0.950. The summed E-state index contributed by atoms with van der Waals surface area (Å²) in [5.74, 6) is -1.32. The van der Waals surface area contributed by atoms with Gasteiger partial charge in [-0.25, -0.2) is 4.39 Å². The number of carbonyl (C=O) groups is 2. The quantitative estimate of drug-likeness (QED) is 0.641. The van der Waals surface area contributed by atoms with Crippen molar-refractivity contribution in [1.82, 2.24) is 5.32 Å². The Morgan fingerprint density at radius 2 is 2.17 bits per heavy atom. The zero-order chi connectivity index (χ0) is 13.7. The molecule has 98 valence electrons. The lowest BCUT2D eigenvalue weighted by atomic mass is 10.2. The number of hydrogen-bond acceptors (Lipinski definition) is 3. The van der Waals surface area contributed by atoms with Gasteiger partial charge < -0.3 is 10.1 Å². The van der Waals surface area contributed by atoms with Crippen LogP contribution in [0.25, 0.3) is 0 Å². The molecule has 0 radical (unpaired) electrons. The second-order valence-electron chi connectivity index (χ2n) is 3.33. The average Bonchev–Trinajstić information content (AvgIpc) is 2.37. The zero-order valence-electron chi connectivity index (χ0n) is 9.38. The first-order valence-corrected chi connectivity index (χ1v) is 6.61. The van der Waals surface area contributed by atoms with Gasteiger partial charge in [0.2, 0.25) is 0 Å². The number of nitrogens with one attached hydrogen (secondary N) is 1. The third kappa shape index (κ3) is 4.06. The van der Waals surface area contributed by atoms with Crippen LogP contribution in [0, 0.1) is 5.82 Å². The molecule has 0 saturated heterocycles. The maximum atomic E-state index is 13.0. The van der Waals surface area contributed by atoms with Crippen LogP contribution in [0.3, 0.4) is 0 Å². The summed E-state index contributed by atoms with van der Waals surface area (Å²) in [5.41, 5.74) is 0.299. The van der Waals surface area contributed by atoms with Crippen molar-refractivity contribution in [3.05, 3.63) is 34.1 Å². The van der Waals surface area contributed by atoms with Gasteiger partial charge in [0.25, 0.3) is 5.91 Å². The smallest absolute Gasteiger partial charge is 0.321 e. The molecule has 7 heteroatoms. The predicted molar refractivity (Wildman–Crippen MR) is 71.2 cm³/mol. The summed E-state index contributed by atoms with van der Waals surface area (Å²) < 4.78 is 17.7. The Morgan fingerprint density at radius 1 is 1.50 bits per heavy atom. The Morgan fingerprint density at radius 3 is 2.72 bits per heavy atom. The van der Waals surface area contributed by atoms with Crippen molar-refractivity contribution in [1.29, 1.82) is 0 Å². The molecule has 0 aromatic heterocycles. The topological polar surface area (TPSA) is 55.4 Å². The molecule has 0 fully saturated rings. The molecule has 1 unspecified atom stereocenters. The normalized spacial score (nSPS) is 11.8. The number of rotatable bonds is 4. The van der Waals surface area contributed by atoms with Gasteiger partial charge in [0.1, 0.15) is 10.6 Å². The van der Waals surface area contributed by atoms with Gasteiger partial charge in [-0.3, -0.25) is 9.59 Å². The number of esters is 1. The molecule has 1 aromatic carbocycles. The molecule has 0 aliphatic carbocycles. The highest BCUT2D eigenvalue weighted by Gasteiger charge is 2.16. The molecule has 0 aliphatic rings. The van der Waals surface area contributed by atoms with Crippen molar-refractivity contribution in [3.8, 4) is 0 Å². The third-order valence-corrected chi connectivity index (χ3v) is 3.39. The number of halogens is 3. The maximum Gasteiger partial charge on any atom is 0.321 e. The number of benzene rings is 1. The second kappa shape index (κ2) is 6.84. The number of methoxy groups -OCH3 is 1. The molecule has 0 saturated carbocycles. The van der Waals surface area contributed by atoms with Crippen LogP contribution in [0.15, 0.2) is 22.7 Å². The molecular formula is C11H10Br2FNO3. The number of ether oxygens (including phenoxy) is 1. The van der Waals surface area contributed by atoms with E-state index in [0.717, 1.165) is 0 Å². The van der Waals surface area contributed by atoms with Crippen LogP contribution in [0.5, 0.6) is 0 Å². The van der Waals surface area contributed by atoms with Crippen LogP contribution in [0.4, 0.5) is 4.39 Å². The van der Waals surface area contributed by atoms with E-state index in [0.29, 0.717) is 5.56 Å². The van der Waals surface area contributed by atoms with Crippen molar-refractivity contribution >= 4 is 43.7 Å². The summed E-state index contributed by atoms with van der Waals surface area (Å²) in [6.07, 6.45) is 0. The van der Waals surface area contributed by atoms with E-state index in [1.807, 2.05) is 0 Å². The van der Waals surface area contributed by atoms with E-state index < -0.39 is 22.5 Å². The monoisotopic (exact) mass is 381 g/mol. The fraction of sp³-hybridized carbons (Fsp3) is 0.273. The molecule has 0 aliphatic heterocycles. The summed E-state index contributed by atoms with van der Waals surface area (Å²) in [5, 5.41) is 2.53. The molecule has 1 N–H and O–H groups in total. The Bertz CT molecular complexity index is 468. The van der Waals surface area contributed by atoms with Gasteiger partial charge >= 0.3 is 5.97 Å². The van der Waals surface area contributed by atoms with E-state index in [4.69, 9.17) is 0 Å². The Kier molecular flexibility index (Phi) is 5.74. The van der Waals surface area contributed by atoms with E-state index in [2.05, 4.69) is 41.9 Å². The van der Waals surface area contributed by atoms with Crippen molar-refractivity contribution in [2.45, 2.75) is 4.83 Å². The van der Waals surface area contributed by atoms with Crippen LogP contribution in [0.2, 0.25) is 0 Å². The molecule has 1 aromatic rings. The Balaban J connectivity index is 2.60. The van der Waals surface area contributed by atoms with Gasteiger partial charge in [0.15, 0.2) is 0 Å². The highest BCUT2D eigenvalue weighted by atomic mass is 79.9. The van der Waals surface area contributed by atoms with Crippen molar-refractivity contribution in [2.24, 2.45) is 0 Å². The summed E-state index contributed by atoms with van der Waals surface area (Å²) >= 11 is 6.06. The number of hydrogen-bond donors (Lipinski definition) is 1. The first kappa shape index (κ1) is 15.1. The Labute approximate surface area is 120 Å². The van der Waals surface area contributed by atoms with Crippen LogP contribution in [-0.4, -0.2) is 30.4 Å². The minimum atomic E-state index is -0.615. The van der Waals surface area contributed by atoms with E-state index in [1.54, 1.807) is 0 Å². The molecule has 1 rings (SSSR count). The van der Waals surface area contributed by atoms with Crippen molar-refractivity contribution in [3.63, 3.8) is 0 Å². The number of amides is 1. The summed E-state index contributed by atoms with van der Waals surface area (Å²) in [7, 11) is 1.26. The van der Waals surface area contributed by atoms with E-state index in [1.165, 1.54) is 25.3 Å². The molecular weight excluding hydrogens is 373 g/mol. The van der Waals surface area contributed by atoms with Gasteiger partial charge in [-0.15, -0.1) is 0 Å². The fourth-order valence-corrected chi connectivity index (χ4v) is 1.86. The predicted octanol–water partition coefficient (Wildman–Crippen LogP) is 2.25. The third-order valence-electron chi connectivity index (χ3n) is 2.08. The lowest BCUT2D eigenvalue weighted by Gasteiger charge is -2.09. The minimum Gasteiger partial charge on any atom is -0.468 e. The molecule has 18 heavy (non-hydrogen) atoms. The number of alkyl halides is 1. The molecule has 4 nitrogen and oxygen atoms in total. The van der Waals surface area contributed by atoms with E-state index in [9.17, 15) is 14.0 Å². The molecule has 0 heterocycles. The first-order valence-electron chi connectivity index (χ1n) is 4.91. The minimum absolute atomic E-state index is 0.0838. The summed E-state index contributed by atoms with van der Waals surface area (Å²) in [6, 6.07) is 3.91. The van der Waals surface area contributed by atoms with Gasteiger partial charge in [0.05, 0.1) is 11.6 Å². The largest absolute Gasteiger partial charge is 0.468 e. The van der Waals surface area contributed by atoms with Crippen LogP contribution in [0.1, 0.15) is 10.4 Å². The van der Waals surface area contributed by atoms with Crippen LogP contribution in [-0.2, 0) is 9.53 Å². The lowest BCUT2D eigenvalue weighted by molar-refractivity contribution is -0.139. The molecule has 0 spiro atoms. The van der Waals surface area contributed by atoms with Crippen LogP contribution >= 0.6 is 31.9 Å². The molecule has 1 amide bonds. The van der Waals surface area contributed by atoms with Gasteiger partial charge in [-0.2, -0.15) is 0 Å². The summed E-state index contributed by atoms with van der Waals surface area (Å²) in [4.78, 5) is 22.2. The average molecular weight is 383 g/mol. The van der Waals surface area contributed by atoms with Gasteiger partial charge in [-0.05, 0) is 34.1 Å². The highest BCUT2D eigenvalue weighted by Crippen LogP contribution is 2.16. The molecule has 1 atom stereocenters. The van der Waals surface area contributed by atoms with Crippen molar-refractivity contribution < 1.29 is 18.7 Å².